The molecule has 0 radical (unpaired) electrons. The highest BCUT2D eigenvalue weighted by Crippen LogP contribution is 2.28. The number of rotatable bonds is 5. The summed E-state index contributed by atoms with van der Waals surface area (Å²) in [6, 6.07) is 10.7. The van der Waals surface area contributed by atoms with Crippen molar-refractivity contribution >= 4 is 33.2 Å². The summed E-state index contributed by atoms with van der Waals surface area (Å²) in [5, 5.41) is 12.4. The van der Waals surface area contributed by atoms with Crippen LogP contribution in [0.1, 0.15) is 36.0 Å². The van der Waals surface area contributed by atoms with E-state index in [1.54, 1.807) is 18.2 Å². The molecule has 4 rings (SSSR count). The van der Waals surface area contributed by atoms with E-state index in [1.807, 2.05) is 0 Å². The largest absolute Gasteiger partial charge is 0.508 e. The first kappa shape index (κ1) is 23.2. The molecular weight excluding hydrogens is 464 g/mol. The molecule has 0 bridgehead atoms. The van der Waals surface area contributed by atoms with Crippen LogP contribution in [0.5, 0.6) is 5.75 Å². The van der Waals surface area contributed by atoms with Crippen molar-refractivity contribution in [1.29, 1.82) is 0 Å². The fourth-order valence-electron chi connectivity index (χ4n) is 3.65. The third-order valence-electron chi connectivity index (χ3n) is 5.39. The summed E-state index contributed by atoms with van der Waals surface area (Å²) in [6.45, 7) is 0.885. The van der Waals surface area contributed by atoms with E-state index >= 15 is 0 Å². The van der Waals surface area contributed by atoms with Crippen LogP contribution in [-0.2, 0) is 10.0 Å². The quantitative estimate of drug-likeness (QED) is 0.555. The summed E-state index contributed by atoms with van der Waals surface area (Å²) < 4.78 is 27.8. The Hall–Kier alpha value is -3.01. The number of halogens is 1. The minimum atomic E-state index is -3.81. The van der Waals surface area contributed by atoms with Gasteiger partial charge in [-0.05, 0) is 43.2 Å². The van der Waals surface area contributed by atoms with Crippen LogP contribution in [0.4, 0.5) is 5.69 Å². The number of amides is 1. The monoisotopic (exact) mass is 486 g/mol. The van der Waals surface area contributed by atoms with Crippen molar-refractivity contribution in [3.05, 3.63) is 65.4 Å². The summed E-state index contributed by atoms with van der Waals surface area (Å²) in [7, 11) is -3.81. The highest BCUT2D eigenvalue weighted by molar-refractivity contribution is 7.89. The van der Waals surface area contributed by atoms with E-state index in [9.17, 15) is 18.3 Å². The van der Waals surface area contributed by atoms with Crippen molar-refractivity contribution in [2.75, 3.05) is 18.4 Å². The lowest BCUT2D eigenvalue weighted by atomic mass is 10.2. The highest BCUT2D eigenvalue weighted by Gasteiger charge is 2.28. The van der Waals surface area contributed by atoms with Crippen LogP contribution in [0.25, 0.3) is 11.4 Å². The van der Waals surface area contributed by atoms with Gasteiger partial charge < -0.3 is 10.4 Å². The molecule has 3 aromatic rings. The Kier molecular flexibility index (Phi) is 6.92. The van der Waals surface area contributed by atoms with Gasteiger partial charge in [0.1, 0.15) is 10.6 Å². The Bertz CT molecular complexity index is 1260. The summed E-state index contributed by atoms with van der Waals surface area (Å²) in [4.78, 5) is 21.1. The zero-order valence-electron chi connectivity index (χ0n) is 17.7. The predicted octanol–water partition coefficient (Wildman–Crippen LogP) is 4.32. The molecule has 10 heteroatoms. The van der Waals surface area contributed by atoms with E-state index in [1.165, 1.54) is 41.0 Å². The number of sulfonamides is 1. The topological polar surface area (TPSA) is 112 Å². The predicted molar refractivity (Wildman–Crippen MR) is 126 cm³/mol. The van der Waals surface area contributed by atoms with Gasteiger partial charge in [-0.1, -0.05) is 36.6 Å². The zero-order chi connectivity index (χ0) is 23.4. The molecule has 172 valence electrons. The summed E-state index contributed by atoms with van der Waals surface area (Å²) in [6.07, 6.45) is 6.47. The van der Waals surface area contributed by atoms with E-state index in [0.29, 0.717) is 30.2 Å². The minimum Gasteiger partial charge on any atom is -0.508 e. The fourth-order valence-corrected chi connectivity index (χ4v) is 5.67. The van der Waals surface area contributed by atoms with Gasteiger partial charge in [0.2, 0.25) is 10.0 Å². The Labute approximate surface area is 197 Å². The standard InChI is InChI=1S/C23H23ClN4O4S/c24-20-9-8-17(13-21(20)33(31,32)28-10-3-1-2-4-11-28)23(30)27-18-14-25-22(26-15-18)16-6-5-7-19(29)12-16/h5-9,12-15,29H,1-4,10-11H2,(H,27,30). The molecule has 2 aromatic carbocycles. The average Bonchev–Trinajstić information content (AvgIpc) is 3.10. The molecule has 1 aromatic heterocycles. The van der Waals surface area contributed by atoms with Crippen molar-refractivity contribution in [3.63, 3.8) is 0 Å². The SMILES string of the molecule is O=C(Nc1cnc(-c2cccc(O)c2)nc1)c1ccc(Cl)c(S(=O)(=O)N2CCCCCC2)c1. The van der Waals surface area contributed by atoms with Crippen LogP contribution in [0, 0.1) is 0 Å². The second-order valence-electron chi connectivity index (χ2n) is 7.76. The van der Waals surface area contributed by atoms with Gasteiger partial charge in [-0.3, -0.25) is 4.79 Å². The number of aromatic nitrogens is 2. The van der Waals surface area contributed by atoms with Gasteiger partial charge in [-0.2, -0.15) is 4.31 Å². The number of benzene rings is 2. The lowest BCUT2D eigenvalue weighted by Crippen LogP contribution is -2.32. The second kappa shape index (κ2) is 9.86. The Morgan fingerprint density at radius 1 is 1.00 bits per heavy atom. The third kappa shape index (κ3) is 5.32. The molecule has 1 amide bonds. The maximum Gasteiger partial charge on any atom is 0.255 e. The molecule has 33 heavy (non-hydrogen) atoms. The van der Waals surface area contributed by atoms with Gasteiger partial charge >= 0.3 is 0 Å². The fraction of sp³-hybridized carbons (Fsp3) is 0.261. The number of anilines is 1. The van der Waals surface area contributed by atoms with Crippen LogP contribution in [0.2, 0.25) is 5.02 Å². The average molecular weight is 487 g/mol. The van der Waals surface area contributed by atoms with Gasteiger partial charge in [0, 0.05) is 24.2 Å². The van der Waals surface area contributed by atoms with Crippen molar-refractivity contribution in [3.8, 4) is 17.1 Å². The third-order valence-corrected chi connectivity index (χ3v) is 7.77. The Balaban J connectivity index is 1.53. The number of hydrogen-bond acceptors (Lipinski definition) is 6. The zero-order valence-corrected chi connectivity index (χ0v) is 19.3. The van der Waals surface area contributed by atoms with Gasteiger partial charge in [-0.15, -0.1) is 0 Å². The van der Waals surface area contributed by atoms with Gasteiger partial charge in [0.05, 0.1) is 23.1 Å². The molecular formula is C23H23ClN4O4S. The first-order chi connectivity index (χ1) is 15.8. The van der Waals surface area contributed by atoms with Crippen molar-refractivity contribution in [1.82, 2.24) is 14.3 Å². The number of hydrogen-bond donors (Lipinski definition) is 2. The Morgan fingerprint density at radius 2 is 1.70 bits per heavy atom. The maximum atomic E-state index is 13.2. The van der Waals surface area contributed by atoms with Crippen LogP contribution < -0.4 is 5.32 Å². The van der Waals surface area contributed by atoms with E-state index in [-0.39, 0.29) is 21.2 Å². The molecule has 0 unspecified atom stereocenters. The minimum absolute atomic E-state index is 0.0748. The van der Waals surface area contributed by atoms with Crippen LogP contribution >= 0.6 is 11.6 Å². The Morgan fingerprint density at radius 3 is 2.36 bits per heavy atom. The van der Waals surface area contributed by atoms with Crippen LogP contribution in [-0.4, -0.2) is 46.8 Å². The summed E-state index contributed by atoms with van der Waals surface area (Å²) in [5.74, 6) is -0.0175. The van der Waals surface area contributed by atoms with E-state index in [4.69, 9.17) is 11.6 Å². The first-order valence-corrected chi connectivity index (χ1v) is 12.4. The number of phenols is 1. The molecule has 1 fully saturated rings. The van der Waals surface area contributed by atoms with Crippen LogP contribution in [0.3, 0.4) is 0 Å². The van der Waals surface area contributed by atoms with Gasteiger partial charge in [0.15, 0.2) is 5.82 Å². The molecule has 8 nitrogen and oxygen atoms in total. The van der Waals surface area contributed by atoms with E-state index < -0.39 is 15.9 Å². The molecule has 0 atom stereocenters. The summed E-state index contributed by atoms with van der Waals surface area (Å²) >= 11 is 6.22. The van der Waals surface area contributed by atoms with E-state index in [0.717, 1.165) is 25.7 Å². The van der Waals surface area contributed by atoms with Crippen molar-refractivity contribution in [2.24, 2.45) is 0 Å². The van der Waals surface area contributed by atoms with E-state index in [2.05, 4.69) is 15.3 Å². The molecule has 1 saturated heterocycles. The molecule has 1 aliphatic heterocycles. The highest BCUT2D eigenvalue weighted by atomic mass is 35.5. The lowest BCUT2D eigenvalue weighted by Gasteiger charge is -2.21. The van der Waals surface area contributed by atoms with Gasteiger partial charge in [0.25, 0.3) is 5.91 Å². The normalized spacial score (nSPS) is 15.1. The number of carbonyl (C=O) groups is 1. The molecule has 2 N–H and O–H groups in total. The number of nitrogens with one attached hydrogen (secondary N) is 1. The number of aromatic hydroxyl groups is 1. The molecule has 0 saturated carbocycles. The first-order valence-electron chi connectivity index (χ1n) is 10.6. The lowest BCUT2D eigenvalue weighted by molar-refractivity contribution is 0.102. The smallest absolute Gasteiger partial charge is 0.255 e. The summed E-state index contributed by atoms with van der Waals surface area (Å²) in [5.41, 5.74) is 1.13. The van der Waals surface area contributed by atoms with Crippen molar-refractivity contribution < 1.29 is 18.3 Å². The molecule has 2 heterocycles. The van der Waals surface area contributed by atoms with Crippen LogP contribution in [0.15, 0.2) is 59.8 Å². The second-order valence-corrected chi connectivity index (χ2v) is 10.1. The molecule has 1 aliphatic rings. The number of phenolic OH excluding ortho intramolecular Hbond substituents is 1. The maximum absolute atomic E-state index is 13.2. The number of nitrogens with zero attached hydrogens (tertiary/aromatic N) is 3. The molecule has 0 aliphatic carbocycles. The van der Waals surface area contributed by atoms with Crippen molar-refractivity contribution in [2.45, 2.75) is 30.6 Å². The molecule has 0 spiro atoms. The number of carbonyl (C=O) groups excluding carboxylic acids is 1. The van der Waals surface area contributed by atoms with Gasteiger partial charge in [-0.25, -0.2) is 18.4 Å².